The van der Waals surface area contributed by atoms with Gasteiger partial charge in [-0.3, -0.25) is 14.8 Å². The highest BCUT2D eigenvalue weighted by molar-refractivity contribution is 9.10. The van der Waals surface area contributed by atoms with Crippen molar-refractivity contribution < 1.29 is 19.8 Å². The van der Waals surface area contributed by atoms with Crippen LogP contribution in [-0.2, 0) is 16.0 Å². The zero-order valence-corrected chi connectivity index (χ0v) is 21.9. The van der Waals surface area contributed by atoms with Crippen LogP contribution in [-0.4, -0.2) is 54.6 Å². The van der Waals surface area contributed by atoms with Crippen LogP contribution in [0.3, 0.4) is 0 Å². The van der Waals surface area contributed by atoms with Crippen LogP contribution >= 0.6 is 15.9 Å². The number of carboxylic acids is 1. The van der Waals surface area contributed by atoms with Crippen LogP contribution in [0.25, 0.3) is 10.8 Å². The number of Topliss-reactive ketones (excluding diaryl/α,β-unsaturated/α-hetero) is 1. The number of hydrogen-bond donors (Lipinski definition) is 3. The summed E-state index contributed by atoms with van der Waals surface area (Å²) in [7, 11) is 0. The van der Waals surface area contributed by atoms with Crippen LogP contribution < -0.4 is 5.32 Å². The third kappa shape index (κ3) is 4.66. The summed E-state index contributed by atoms with van der Waals surface area (Å²) in [6.45, 7) is -0.322. The number of aliphatic hydroxyl groups is 1. The van der Waals surface area contributed by atoms with Crippen LogP contribution in [0.5, 0.6) is 0 Å². The summed E-state index contributed by atoms with van der Waals surface area (Å²) in [5, 5.41) is 25.4. The summed E-state index contributed by atoms with van der Waals surface area (Å²) in [6, 6.07) is 11.3. The molecule has 0 radical (unpaired) electrons. The monoisotopic (exact) mass is 564 g/mol. The number of anilines is 2. The molecule has 37 heavy (non-hydrogen) atoms. The lowest BCUT2D eigenvalue weighted by molar-refractivity contribution is -0.144. The van der Waals surface area contributed by atoms with E-state index in [0.717, 1.165) is 41.3 Å². The minimum absolute atomic E-state index is 0.0389. The molecule has 0 amide bonds. The van der Waals surface area contributed by atoms with Crippen molar-refractivity contribution in [2.24, 2.45) is 10.4 Å². The average Bonchev–Trinajstić information content (AvgIpc) is 2.93. The zero-order valence-electron chi connectivity index (χ0n) is 20.4. The lowest BCUT2D eigenvalue weighted by atomic mass is 9.58. The van der Waals surface area contributed by atoms with E-state index >= 15 is 0 Å². The Hall–Kier alpha value is -3.17. The van der Waals surface area contributed by atoms with Crippen molar-refractivity contribution in [2.45, 2.75) is 55.3 Å². The van der Waals surface area contributed by atoms with Crippen LogP contribution in [0.15, 0.2) is 60.0 Å². The van der Waals surface area contributed by atoms with Crippen molar-refractivity contribution in [3.63, 3.8) is 0 Å². The number of alkyl halides is 1. The van der Waals surface area contributed by atoms with E-state index in [9.17, 15) is 19.8 Å². The first-order valence-electron chi connectivity index (χ1n) is 12.6. The van der Waals surface area contributed by atoms with Crippen molar-refractivity contribution in [1.82, 2.24) is 9.97 Å². The molecule has 1 spiro atoms. The number of carboxylic acid groups (broad SMARTS) is 1. The molecular formula is C28H29BrN4O4. The van der Waals surface area contributed by atoms with Gasteiger partial charge in [-0.1, -0.05) is 47.3 Å². The maximum Gasteiger partial charge on any atom is 0.332 e. The molecule has 0 aliphatic heterocycles. The molecule has 8 nitrogen and oxygen atoms in total. The topological polar surface area (TPSA) is 125 Å². The molecule has 2 aromatic heterocycles. The van der Waals surface area contributed by atoms with Crippen molar-refractivity contribution in [2.75, 3.05) is 11.9 Å². The summed E-state index contributed by atoms with van der Waals surface area (Å²) < 4.78 is 0. The summed E-state index contributed by atoms with van der Waals surface area (Å²) in [5.41, 5.74) is -0.0154. The molecule has 2 aliphatic carbocycles. The highest BCUT2D eigenvalue weighted by Gasteiger charge is 2.59. The quantitative estimate of drug-likeness (QED) is 0.333. The predicted molar refractivity (Wildman–Crippen MR) is 146 cm³/mol. The van der Waals surface area contributed by atoms with Gasteiger partial charge in [-0.05, 0) is 48.1 Å². The van der Waals surface area contributed by atoms with Crippen LogP contribution in [0, 0.1) is 5.41 Å². The fraction of sp³-hybridized carbons (Fsp3) is 0.393. The van der Waals surface area contributed by atoms with Gasteiger partial charge < -0.3 is 15.5 Å². The molecular weight excluding hydrogens is 536 g/mol. The molecule has 0 saturated heterocycles. The third-order valence-electron chi connectivity index (χ3n) is 7.68. The number of ketones is 1. The molecule has 3 aromatic rings. The number of nitrogens with zero attached hydrogens (tertiary/aromatic N) is 3. The van der Waals surface area contributed by atoms with Crippen LogP contribution in [0.1, 0.15) is 44.1 Å². The third-order valence-corrected chi connectivity index (χ3v) is 8.53. The first-order valence-corrected chi connectivity index (χ1v) is 13.5. The van der Waals surface area contributed by atoms with Crippen molar-refractivity contribution in [1.29, 1.82) is 0 Å². The average molecular weight is 565 g/mol. The number of pyridine rings is 2. The minimum atomic E-state index is -1.56. The lowest BCUT2D eigenvalue weighted by Crippen LogP contribution is -2.62. The molecule has 2 aliphatic rings. The molecule has 2 fully saturated rings. The zero-order chi connectivity index (χ0) is 26.0. The van der Waals surface area contributed by atoms with E-state index in [2.05, 4.69) is 31.2 Å². The number of aliphatic carboxylic acids is 1. The second kappa shape index (κ2) is 10.3. The smallest absolute Gasteiger partial charge is 0.332 e. The Morgan fingerprint density at radius 2 is 1.86 bits per heavy atom. The number of carbonyl (C=O) groups is 2. The molecule has 9 heteroatoms. The Morgan fingerprint density at radius 1 is 1.14 bits per heavy atom. The van der Waals surface area contributed by atoms with Gasteiger partial charge in [0.05, 0.1) is 5.41 Å². The SMILES string of the molecule is O=C1C(Br)C(=N[C@](CCO)(Cc2ccc(Nc3nccc4ccncc34)cc2)C(=O)O)C12CCCCC2. The van der Waals surface area contributed by atoms with E-state index in [-0.39, 0.29) is 25.2 Å². The first kappa shape index (κ1) is 25.5. The van der Waals surface area contributed by atoms with E-state index in [0.29, 0.717) is 24.4 Å². The van der Waals surface area contributed by atoms with E-state index < -0.39 is 21.8 Å². The first-order chi connectivity index (χ1) is 17.9. The van der Waals surface area contributed by atoms with Gasteiger partial charge in [0, 0.05) is 54.8 Å². The predicted octanol–water partition coefficient (Wildman–Crippen LogP) is 4.86. The largest absolute Gasteiger partial charge is 0.479 e. The van der Waals surface area contributed by atoms with Gasteiger partial charge in [-0.2, -0.15) is 0 Å². The molecule has 0 bridgehead atoms. The number of aliphatic hydroxyl groups excluding tert-OH is 1. The maximum absolute atomic E-state index is 12.8. The number of carbonyl (C=O) groups excluding carboxylic acids is 1. The highest BCUT2D eigenvalue weighted by Crippen LogP contribution is 2.50. The Labute approximate surface area is 223 Å². The van der Waals surface area contributed by atoms with Gasteiger partial charge in [-0.15, -0.1) is 0 Å². The second-order valence-electron chi connectivity index (χ2n) is 9.93. The number of halogens is 1. The molecule has 1 unspecified atom stereocenters. The summed E-state index contributed by atoms with van der Waals surface area (Å²) in [5.74, 6) is -0.323. The number of hydrogen-bond acceptors (Lipinski definition) is 7. The minimum Gasteiger partial charge on any atom is -0.479 e. The molecule has 192 valence electrons. The summed E-state index contributed by atoms with van der Waals surface area (Å²) >= 11 is 3.44. The van der Waals surface area contributed by atoms with Gasteiger partial charge in [0.1, 0.15) is 10.6 Å². The number of aliphatic imine (C=N–C) groups is 1. The van der Waals surface area contributed by atoms with Crippen molar-refractivity contribution >= 4 is 55.7 Å². The Morgan fingerprint density at radius 3 is 2.57 bits per heavy atom. The normalized spacial score (nSPS) is 21.5. The van der Waals surface area contributed by atoms with E-state index in [4.69, 9.17) is 4.99 Å². The summed E-state index contributed by atoms with van der Waals surface area (Å²) in [4.78, 5) is 38.3. The molecule has 3 N–H and O–H groups in total. The Bertz CT molecular complexity index is 1350. The fourth-order valence-corrected chi connectivity index (χ4v) is 6.58. The van der Waals surface area contributed by atoms with Crippen molar-refractivity contribution in [3.05, 3.63) is 60.6 Å². The lowest BCUT2D eigenvalue weighted by Gasteiger charge is -2.48. The van der Waals surface area contributed by atoms with E-state index in [1.807, 2.05) is 36.4 Å². The molecule has 2 saturated carbocycles. The fourth-order valence-electron chi connectivity index (χ4n) is 5.60. The molecule has 5 rings (SSSR count). The number of rotatable bonds is 8. The Balaban J connectivity index is 1.42. The standard InChI is InChI=1S/C28H29BrN4O4/c29-22-23(27(24(22)35)10-2-1-3-11-27)33-28(12-15-34,26(36)37)16-18-4-6-20(7-5-18)32-25-21-17-30-13-8-19(21)9-14-31-25/h4-9,13-14,17,22,34H,1-3,10-12,15-16H2,(H,31,32)(H,36,37)/t22?,28-/m1/s1. The van der Waals surface area contributed by atoms with Crippen molar-refractivity contribution in [3.8, 4) is 0 Å². The molecule has 2 heterocycles. The van der Waals surface area contributed by atoms with E-state index in [1.54, 1.807) is 18.6 Å². The Kier molecular flexibility index (Phi) is 7.09. The summed E-state index contributed by atoms with van der Waals surface area (Å²) in [6.07, 6.45) is 9.64. The van der Waals surface area contributed by atoms with E-state index in [1.165, 1.54) is 0 Å². The number of aromatic nitrogens is 2. The number of benzene rings is 1. The highest BCUT2D eigenvalue weighted by atomic mass is 79.9. The van der Waals surface area contributed by atoms with Gasteiger partial charge in [0.15, 0.2) is 11.3 Å². The molecule has 2 atom stereocenters. The van der Waals surface area contributed by atoms with Crippen LogP contribution in [0.4, 0.5) is 11.5 Å². The second-order valence-corrected chi connectivity index (χ2v) is 10.8. The number of fused-ring (bicyclic) bond motifs is 1. The van der Waals surface area contributed by atoms with Gasteiger partial charge in [0.25, 0.3) is 0 Å². The van der Waals surface area contributed by atoms with Gasteiger partial charge >= 0.3 is 5.97 Å². The van der Waals surface area contributed by atoms with Gasteiger partial charge in [0.2, 0.25) is 0 Å². The molecule has 1 aromatic carbocycles. The van der Waals surface area contributed by atoms with Gasteiger partial charge in [-0.25, -0.2) is 9.78 Å². The van der Waals surface area contributed by atoms with Crippen LogP contribution in [0.2, 0.25) is 0 Å². The number of nitrogens with one attached hydrogen (secondary N) is 1. The maximum atomic E-state index is 12.8.